The van der Waals surface area contributed by atoms with Crippen LogP contribution < -0.4 is 34.4 Å². The van der Waals surface area contributed by atoms with Crippen molar-refractivity contribution in [1.82, 2.24) is 0 Å². The highest BCUT2D eigenvalue weighted by Crippen LogP contribution is 2.31. The van der Waals surface area contributed by atoms with Gasteiger partial charge < -0.3 is 104 Å². The maximum Gasteiger partial charge on any atom is 0.320 e. The number of aliphatic carboxylic acids is 1. The predicted molar refractivity (Wildman–Crippen MR) is 153 cm³/mol. The standard InChI is InChI=1S/C18H35N3O13.C6H14N4O2/c19-7-12(27)14(5(2-23)30-16(7)29)33-18-9(21)13(28)15(6(3-24)32-18)34-17-8(20)11(26)10(25)4(1-22)31-17;7-4(5(11)12)2-1-3-10-6(8)9/h4-18,22-29H,1-3,19-21H2;4H,1-3,7H2,(H,11,12)(H4,8,9,10)/t4-,5-,6-,7?,8-,9?,10-,11-,12?,13-,14?,15?,16?,17+,18+;/m1./s1. The van der Waals surface area contributed by atoms with Gasteiger partial charge in [0.2, 0.25) is 0 Å². The Labute approximate surface area is 263 Å². The lowest BCUT2D eigenvalue weighted by Crippen LogP contribution is -2.69. The summed E-state index contributed by atoms with van der Waals surface area (Å²) in [6, 6.07) is -4.69. The van der Waals surface area contributed by atoms with Crippen LogP contribution in [0.5, 0.6) is 0 Å². The van der Waals surface area contributed by atoms with Gasteiger partial charge in [-0.15, -0.1) is 0 Å². The lowest BCUT2D eigenvalue weighted by atomic mass is 9.94. The minimum absolute atomic E-state index is 0.0129. The lowest BCUT2D eigenvalue weighted by Gasteiger charge is -2.48. The molecule has 3 fully saturated rings. The number of hydrogen-bond donors (Lipinski definition) is 15. The zero-order valence-corrected chi connectivity index (χ0v) is 24.9. The first kappa shape index (κ1) is 40.2. The van der Waals surface area contributed by atoms with Gasteiger partial charge in [-0.3, -0.25) is 9.79 Å². The molecular formula is C24H49N7O15. The van der Waals surface area contributed by atoms with E-state index < -0.39 is 124 Å². The van der Waals surface area contributed by atoms with E-state index in [4.69, 9.17) is 63.2 Å². The smallest absolute Gasteiger partial charge is 0.320 e. The van der Waals surface area contributed by atoms with E-state index in [1.807, 2.05) is 0 Å². The van der Waals surface area contributed by atoms with Crippen molar-refractivity contribution in [2.24, 2.45) is 39.4 Å². The number of aliphatic imine (C=N–C) groups is 1. The molecule has 46 heavy (non-hydrogen) atoms. The molecule has 3 rings (SSSR count). The molecule has 22 nitrogen and oxygen atoms in total. The van der Waals surface area contributed by atoms with Gasteiger partial charge in [0, 0.05) is 6.54 Å². The van der Waals surface area contributed by atoms with Crippen molar-refractivity contribution >= 4 is 11.9 Å². The van der Waals surface area contributed by atoms with Gasteiger partial charge in [-0.1, -0.05) is 0 Å². The second-order valence-electron chi connectivity index (χ2n) is 11.0. The molecule has 3 saturated heterocycles. The molecule has 21 N–H and O–H groups in total. The predicted octanol–water partition coefficient (Wildman–Crippen LogP) is -9.22. The van der Waals surface area contributed by atoms with E-state index in [1.165, 1.54) is 0 Å². The fourth-order valence-corrected chi connectivity index (χ4v) is 4.83. The molecule has 0 bridgehead atoms. The Morgan fingerprint density at radius 2 is 1.17 bits per heavy atom. The zero-order chi connectivity index (χ0) is 34.9. The molecule has 0 spiro atoms. The average Bonchev–Trinajstić information content (AvgIpc) is 3.02. The molecule has 7 unspecified atom stereocenters. The number of rotatable bonds is 12. The number of ether oxygens (including phenoxy) is 5. The Hall–Kier alpha value is -1.94. The van der Waals surface area contributed by atoms with Crippen molar-refractivity contribution < 1.29 is 74.4 Å². The monoisotopic (exact) mass is 675 g/mol. The number of carboxylic acids is 1. The maximum atomic E-state index is 10.8. The minimum Gasteiger partial charge on any atom is -0.480 e. The molecule has 16 atom stereocenters. The molecule has 22 heteroatoms. The molecular weight excluding hydrogens is 626 g/mol. The fourth-order valence-electron chi connectivity index (χ4n) is 4.83. The number of hydrogen-bond acceptors (Lipinski definition) is 19. The number of aliphatic hydroxyl groups excluding tert-OH is 8. The molecule has 0 aliphatic carbocycles. The van der Waals surface area contributed by atoms with E-state index >= 15 is 0 Å². The zero-order valence-electron chi connectivity index (χ0n) is 24.9. The van der Waals surface area contributed by atoms with Crippen LogP contribution >= 0.6 is 0 Å². The van der Waals surface area contributed by atoms with Crippen LogP contribution in [0.4, 0.5) is 0 Å². The maximum absolute atomic E-state index is 10.8. The molecule has 3 aliphatic heterocycles. The molecule has 0 saturated carbocycles. The minimum atomic E-state index is -1.56. The number of carboxylic acid groups (broad SMARTS) is 1. The van der Waals surface area contributed by atoms with Gasteiger partial charge in [0.15, 0.2) is 24.8 Å². The Morgan fingerprint density at radius 1 is 0.717 bits per heavy atom. The second kappa shape index (κ2) is 18.6. The summed E-state index contributed by atoms with van der Waals surface area (Å²) >= 11 is 0. The van der Waals surface area contributed by atoms with Crippen LogP contribution in [0, 0.1) is 0 Å². The first-order chi connectivity index (χ1) is 21.6. The summed E-state index contributed by atoms with van der Waals surface area (Å²) in [6.07, 6.45) is -15.8. The van der Waals surface area contributed by atoms with Crippen LogP contribution in [0.2, 0.25) is 0 Å². The summed E-state index contributed by atoms with van der Waals surface area (Å²) in [5.41, 5.74) is 32.9. The molecule has 0 amide bonds. The second-order valence-corrected chi connectivity index (χ2v) is 11.0. The van der Waals surface area contributed by atoms with Gasteiger partial charge in [0.05, 0.1) is 37.9 Å². The van der Waals surface area contributed by atoms with Crippen molar-refractivity contribution in [1.29, 1.82) is 0 Å². The first-order valence-electron chi connectivity index (χ1n) is 14.4. The normalized spacial score (nSPS) is 42.0. The lowest BCUT2D eigenvalue weighted by molar-refractivity contribution is -0.348. The van der Waals surface area contributed by atoms with Crippen molar-refractivity contribution in [3.63, 3.8) is 0 Å². The fraction of sp³-hybridized carbons (Fsp3) is 0.917. The van der Waals surface area contributed by atoms with Crippen molar-refractivity contribution in [2.45, 2.75) is 111 Å². The van der Waals surface area contributed by atoms with E-state index in [1.54, 1.807) is 0 Å². The van der Waals surface area contributed by atoms with Crippen LogP contribution in [-0.4, -0.2) is 182 Å². The topological polar surface area (TPSA) is 414 Å². The molecule has 0 aromatic rings. The van der Waals surface area contributed by atoms with Crippen molar-refractivity contribution in [3.05, 3.63) is 0 Å². The summed E-state index contributed by atoms with van der Waals surface area (Å²) in [5.74, 6) is -0.987. The third-order valence-electron chi connectivity index (χ3n) is 7.62. The highest BCUT2D eigenvalue weighted by molar-refractivity contribution is 5.75. The Morgan fingerprint density at radius 3 is 1.65 bits per heavy atom. The Balaban J connectivity index is 0.000000521. The van der Waals surface area contributed by atoms with E-state index in [0.29, 0.717) is 19.4 Å². The molecule has 0 aromatic carbocycles. The summed E-state index contributed by atoms with van der Waals surface area (Å²) in [5, 5.41) is 88.0. The summed E-state index contributed by atoms with van der Waals surface area (Å²) in [6.45, 7) is -1.58. The van der Waals surface area contributed by atoms with Crippen LogP contribution in [0.25, 0.3) is 0 Å². The van der Waals surface area contributed by atoms with E-state index in [-0.39, 0.29) is 5.96 Å². The van der Waals surface area contributed by atoms with E-state index in [0.717, 1.165) is 0 Å². The van der Waals surface area contributed by atoms with Crippen LogP contribution in [0.3, 0.4) is 0 Å². The quantitative estimate of drug-likeness (QED) is 0.0518. The third-order valence-corrected chi connectivity index (χ3v) is 7.62. The Bertz CT molecular complexity index is 950. The van der Waals surface area contributed by atoms with Gasteiger partial charge in [0.25, 0.3) is 0 Å². The van der Waals surface area contributed by atoms with E-state index in [9.17, 15) is 45.6 Å². The molecule has 3 heterocycles. The SMILES string of the molecule is NC(N)=NCCCC(N)C(=O)O.NC1C(O)O[C@H](CO)C(O[C@@H]2O[C@H](CO)C(O[C@@H]3O[C@H](CO)[C@@H](O)[C@H](O)[C@H]3N)[C@H](O)C2N)C1O. The largest absolute Gasteiger partial charge is 0.480 e. The van der Waals surface area contributed by atoms with Gasteiger partial charge in [-0.2, -0.15) is 0 Å². The van der Waals surface area contributed by atoms with Gasteiger partial charge >= 0.3 is 5.97 Å². The highest BCUT2D eigenvalue weighted by Gasteiger charge is 2.52. The average molecular weight is 676 g/mol. The number of carbonyl (C=O) groups is 1. The Kier molecular flexibility index (Phi) is 16.2. The number of nitrogens with two attached hydrogens (primary N) is 6. The molecule has 3 aliphatic rings. The van der Waals surface area contributed by atoms with Crippen LogP contribution in [-0.2, 0) is 28.5 Å². The first-order valence-corrected chi connectivity index (χ1v) is 14.4. The van der Waals surface area contributed by atoms with Crippen LogP contribution in [0.1, 0.15) is 12.8 Å². The van der Waals surface area contributed by atoms with E-state index in [2.05, 4.69) is 4.99 Å². The summed E-state index contributed by atoms with van der Waals surface area (Å²) in [4.78, 5) is 13.9. The molecule has 0 radical (unpaired) electrons. The number of nitrogens with zero attached hydrogens (tertiary/aromatic N) is 1. The number of guanidine groups is 1. The van der Waals surface area contributed by atoms with Crippen LogP contribution in [0.15, 0.2) is 4.99 Å². The third kappa shape index (κ3) is 10.3. The molecule has 270 valence electrons. The molecule has 0 aromatic heterocycles. The van der Waals surface area contributed by atoms with Crippen molar-refractivity contribution in [3.8, 4) is 0 Å². The van der Waals surface area contributed by atoms with Gasteiger partial charge in [0.1, 0.15) is 61.0 Å². The highest BCUT2D eigenvalue weighted by atomic mass is 16.7. The van der Waals surface area contributed by atoms with Gasteiger partial charge in [-0.25, -0.2) is 0 Å². The number of aliphatic hydroxyl groups is 8. The van der Waals surface area contributed by atoms with Gasteiger partial charge in [-0.05, 0) is 12.8 Å². The van der Waals surface area contributed by atoms with Crippen molar-refractivity contribution in [2.75, 3.05) is 26.4 Å². The summed E-state index contributed by atoms with van der Waals surface area (Å²) < 4.78 is 27.4. The summed E-state index contributed by atoms with van der Waals surface area (Å²) in [7, 11) is 0.